The molecule has 30 heavy (non-hydrogen) atoms. The number of carbonyl (C=O) groups is 1. The smallest absolute Gasteiger partial charge is 0.415 e. The van der Waals surface area contributed by atoms with E-state index in [2.05, 4.69) is 20.2 Å². The molecule has 0 spiro atoms. The number of amides is 1. The van der Waals surface area contributed by atoms with Crippen molar-refractivity contribution in [3.8, 4) is 6.07 Å². The molecule has 1 amide bonds. The summed E-state index contributed by atoms with van der Waals surface area (Å²) in [5.41, 5.74) is 1.59. The van der Waals surface area contributed by atoms with Crippen molar-refractivity contribution < 1.29 is 31.0 Å². The zero-order chi connectivity index (χ0) is 20.4. The lowest BCUT2D eigenvalue weighted by Gasteiger charge is -2.44. The number of piperidine rings is 1. The summed E-state index contributed by atoms with van der Waals surface area (Å²) in [5.74, 6) is 0.461. The van der Waals surface area contributed by atoms with Gasteiger partial charge in [-0.05, 0) is 35.2 Å². The highest BCUT2D eigenvalue weighted by atomic mass is 79.9. The van der Waals surface area contributed by atoms with Gasteiger partial charge in [-0.25, -0.2) is 4.79 Å². The van der Waals surface area contributed by atoms with Crippen LogP contribution in [0.3, 0.4) is 0 Å². The van der Waals surface area contributed by atoms with E-state index in [4.69, 9.17) is 10.00 Å². The number of nitriles is 1. The molecular weight excluding hydrogens is 462 g/mol. The maximum absolute atomic E-state index is 13.0. The summed E-state index contributed by atoms with van der Waals surface area (Å²) in [5, 5.41) is 11.8. The fraction of sp³-hybridized carbons (Fsp3) is 0.478. The number of carbonyl (C=O) groups excluding carboxylic acids is 1. The Labute approximate surface area is 193 Å². The highest BCUT2D eigenvalue weighted by Crippen LogP contribution is 2.42. The fourth-order valence-corrected chi connectivity index (χ4v) is 5.64. The van der Waals surface area contributed by atoms with E-state index in [0.29, 0.717) is 36.7 Å². The summed E-state index contributed by atoms with van der Waals surface area (Å²) in [6, 6.07) is 14.8. The third-order valence-corrected chi connectivity index (χ3v) is 7.68. The monoisotopic (exact) mass is 489 g/mol. The van der Waals surface area contributed by atoms with E-state index in [1.165, 1.54) is 24.2 Å². The van der Waals surface area contributed by atoms with Crippen LogP contribution in [0.25, 0.3) is 0 Å². The van der Waals surface area contributed by atoms with Crippen molar-refractivity contribution in [3.05, 3.63) is 52.9 Å². The first-order chi connectivity index (χ1) is 14.0. The van der Waals surface area contributed by atoms with Crippen LogP contribution in [0.5, 0.6) is 0 Å². The van der Waals surface area contributed by atoms with Gasteiger partial charge in [0.05, 0.1) is 51.0 Å². The normalized spacial score (nSPS) is 23.8. The van der Waals surface area contributed by atoms with Gasteiger partial charge in [-0.2, -0.15) is 5.26 Å². The van der Waals surface area contributed by atoms with Gasteiger partial charge in [0.2, 0.25) is 0 Å². The zero-order valence-electron chi connectivity index (χ0n) is 17.5. The number of ether oxygens (including phenoxy) is 1. The molecule has 5 nitrogen and oxygen atoms in total. The number of rotatable bonds is 5. The lowest BCUT2D eigenvalue weighted by Crippen LogP contribution is -3.00. The molecule has 0 unspecified atom stereocenters. The van der Waals surface area contributed by atoms with E-state index in [1.807, 2.05) is 29.6 Å². The molecule has 2 aliphatic heterocycles. The molecule has 0 radical (unpaired) electrons. The van der Waals surface area contributed by atoms with Crippen LogP contribution in [0.1, 0.15) is 36.8 Å². The number of halogens is 1. The van der Waals surface area contributed by atoms with Crippen molar-refractivity contribution in [2.45, 2.75) is 44.3 Å². The molecule has 2 saturated heterocycles. The standard InChI is InChI=1S/C23H28N3O2S.BrH/c1-26(2)20-9-10-21(26)13-19(12-20)16-28-23(27)25(22-4-3-11-29-22)15-18-7-5-17(14-24)6-8-18;/h3-8,11,19-21H,9-10,12-13,15-16H2,1-2H3;1H/q+1;/p-1/t19-,20+,21-;. The van der Waals surface area contributed by atoms with Crippen molar-refractivity contribution >= 4 is 22.4 Å². The Kier molecular flexibility index (Phi) is 7.22. The molecule has 2 fully saturated rings. The Bertz CT molecular complexity index is 876. The second kappa shape index (κ2) is 9.51. The Morgan fingerprint density at radius 2 is 1.87 bits per heavy atom. The van der Waals surface area contributed by atoms with Gasteiger partial charge in [0.15, 0.2) is 0 Å². The van der Waals surface area contributed by atoms with Gasteiger partial charge in [-0.1, -0.05) is 12.1 Å². The van der Waals surface area contributed by atoms with Gasteiger partial charge >= 0.3 is 6.09 Å². The van der Waals surface area contributed by atoms with Gasteiger partial charge in [-0.15, -0.1) is 11.3 Å². The predicted molar refractivity (Wildman–Crippen MR) is 115 cm³/mol. The van der Waals surface area contributed by atoms with Crippen LogP contribution < -0.4 is 21.9 Å². The average Bonchev–Trinajstić information content (AvgIpc) is 3.26. The zero-order valence-corrected chi connectivity index (χ0v) is 19.9. The van der Waals surface area contributed by atoms with Crippen molar-refractivity contribution in [2.75, 3.05) is 25.6 Å². The summed E-state index contributed by atoms with van der Waals surface area (Å²) in [6.07, 6.45) is 4.59. The van der Waals surface area contributed by atoms with Gasteiger partial charge in [0, 0.05) is 31.6 Å². The summed E-state index contributed by atoms with van der Waals surface area (Å²) >= 11 is 1.53. The molecule has 0 saturated carbocycles. The largest absolute Gasteiger partial charge is 1.00 e. The molecule has 3 heterocycles. The second-order valence-electron chi connectivity index (χ2n) is 8.77. The molecule has 1 aromatic carbocycles. The van der Waals surface area contributed by atoms with Crippen LogP contribution in [-0.2, 0) is 11.3 Å². The molecule has 160 valence electrons. The molecule has 2 aliphatic rings. The minimum absolute atomic E-state index is 0. The quantitative estimate of drug-likeness (QED) is 0.601. The number of benzene rings is 1. The minimum atomic E-state index is -0.288. The van der Waals surface area contributed by atoms with Gasteiger partial charge in [0.25, 0.3) is 0 Å². The maximum atomic E-state index is 13.0. The van der Waals surface area contributed by atoms with Crippen LogP contribution >= 0.6 is 11.3 Å². The lowest BCUT2D eigenvalue weighted by atomic mass is 9.90. The Balaban J connectivity index is 0.00000256. The average molecular weight is 490 g/mol. The SMILES string of the molecule is C[N+]1(C)[C@@H]2CC[C@H]1C[C@@H](COC(=O)N(Cc1ccc(C#N)cc1)c1cccs1)C2.[Br-]. The number of thiophene rings is 1. The number of quaternary nitrogens is 1. The highest BCUT2D eigenvalue weighted by molar-refractivity contribution is 7.14. The van der Waals surface area contributed by atoms with Gasteiger partial charge in [-0.3, -0.25) is 4.90 Å². The molecule has 3 atom stereocenters. The molecular formula is C23H28BrN3O2S. The van der Waals surface area contributed by atoms with Crippen LogP contribution in [0.2, 0.25) is 0 Å². The highest BCUT2D eigenvalue weighted by Gasteiger charge is 2.49. The number of fused-ring (bicyclic) bond motifs is 2. The maximum Gasteiger partial charge on any atom is 0.415 e. The van der Waals surface area contributed by atoms with E-state index in [1.54, 1.807) is 17.0 Å². The number of anilines is 1. The second-order valence-corrected chi connectivity index (χ2v) is 9.70. The lowest BCUT2D eigenvalue weighted by molar-refractivity contribution is -0.931. The Morgan fingerprint density at radius 1 is 1.20 bits per heavy atom. The molecule has 0 aliphatic carbocycles. The van der Waals surface area contributed by atoms with Crippen LogP contribution in [0, 0.1) is 17.2 Å². The van der Waals surface area contributed by atoms with E-state index in [9.17, 15) is 4.79 Å². The number of nitrogens with zero attached hydrogens (tertiary/aromatic N) is 3. The topological polar surface area (TPSA) is 53.3 Å². The molecule has 2 bridgehead atoms. The van der Waals surface area contributed by atoms with Gasteiger partial charge < -0.3 is 26.2 Å². The van der Waals surface area contributed by atoms with E-state index in [0.717, 1.165) is 27.9 Å². The van der Waals surface area contributed by atoms with E-state index >= 15 is 0 Å². The third kappa shape index (κ3) is 4.72. The van der Waals surface area contributed by atoms with E-state index < -0.39 is 0 Å². The fourth-order valence-electron chi connectivity index (χ4n) is 4.92. The molecule has 0 N–H and O–H groups in total. The summed E-state index contributed by atoms with van der Waals surface area (Å²) < 4.78 is 6.94. The number of hydrogen-bond acceptors (Lipinski definition) is 4. The first-order valence-electron chi connectivity index (χ1n) is 10.3. The van der Waals surface area contributed by atoms with Crippen LogP contribution in [0.4, 0.5) is 9.80 Å². The van der Waals surface area contributed by atoms with Crippen molar-refractivity contribution in [1.29, 1.82) is 5.26 Å². The summed E-state index contributed by atoms with van der Waals surface area (Å²) in [4.78, 5) is 14.7. The van der Waals surface area contributed by atoms with Crippen LogP contribution in [-0.4, -0.2) is 43.4 Å². The molecule has 1 aromatic heterocycles. The van der Waals surface area contributed by atoms with Crippen molar-refractivity contribution in [2.24, 2.45) is 5.92 Å². The molecule has 7 heteroatoms. The van der Waals surface area contributed by atoms with Gasteiger partial charge in [0.1, 0.15) is 5.00 Å². The Morgan fingerprint density at radius 3 is 2.43 bits per heavy atom. The summed E-state index contributed by atoms with van der Waals surface area (Å²) in [6.45, 7) is 0.936. The van der Waals surface area contributed by atoms with Crippen molar-refractivity contribution in [1.82, 2.24) is 0 Å². The first-order valence-corrected chi connectivity index (χ1v) is 11.2. The first kappa shape index (κ1) is 22.8. The summed E-state index contributed by atoms with van der Waals surface area (Å²) in [7, 11) is 4.70. The molecule has 4 rings (SSSR count). The van der Waals surface area contributed by atoms with Crippen molar-refractivity contribution in [3.63, 3.8) is 0 Å². The Hall–Kier alpha value is -1.88. The van der Waals surface area contributed by atoms with Crippen LogP contribution in [0.15, 0.2) is 41.8 Å². The molecule has 2 aromatic rings. The minimum Gasteiger partial charge on any atom is -1.00 e. The predicted octanol–water partition coefficient (Wildman–Crippen LogP) is 1.78. The third-order valence-electron chi connectivity index (χ3n) is 6.78. The van der Waals surface area contributed by atoms with E-state index in [-0.39, 0.29) is 23.1 Å². The number of hydrogen-bond donors (Lipinski definition) is 0.